The number of aromatic nitrogens is 4. The number of fused-ring (bicyclic) bond motifs is 1. The predicted octanol–water partition coefficient (Wildman–Crippen LogP) is 1.33. The van der Waals surface area contributed by atoms with Crippen molar-refractivity contribution in [3.8, 4) is 5.82 Å². The van der Waals surface area contributed by atoms with E-state index >= 15 is 0 Å². The predicted molar refractivity (Wildman–Crippen MR) is 69.8 cm³/mol. The average Bonchev–Trinajstić information content (AvgIpc) is 2.95. The summed E-state index contributed by atoms with van der Waals surface area (Å²) in [5, 5.41) is 4.42. The molecule has 0 aliphatic rings. The number of imidazole rings is 1. The van der Waals surface area contributed by atoms with Crippen molar-refractivity contribution in [1.82, 2.24) is 19.2 Å². The Bertz CT molecular complexity index is 680. The van der Waals surface area contributed by atoms with Gasteiger partial charge in [0.15, 0.2) is 5.82 Å². The van der Waals surface area contributed by atoms with Crippen molar-refractivity contribution < 1.29 is 0 Å². The number of pyridine rings is 1. The maximum atomic E-state index is 5.69. The van der Waals surface area contributed by atoms with Crippen molar-refractivity contribution in [3.63, 3.8) is 0 Å². The topological polar surface area (TPSA) is 61.1 Å². The summed E-state index contributed by atoms with van der Waals surface area (Å²) in [7, 11) is 0. The third-order valence-corrected chi connectivity index (χ3v) is 2.93. The summed E-state index contributed by atoms with van der Waals surface area (Å²) in [6.45, 7) is 2.56. The van der Waals surface area contributed by atoms with Gasteiger partial charge in [0.05, 0.1) is 11.4 Å². The second-order valence-electron chi connectivity index (χ2n) is 4.25. The first kappa shape index (κ1) is 11.0. The summed E-state index contributed by atoms with van der Waals surface area (Å²) in [5.41, 5.74) is 8.68. The van der Waals surface area contributed by atoms with E-state index < -0.39 is 0 Å². The van der Waals surface area contributed by atoms with Crippen LogP contribution in [0.3, 0.4) is 0 Å². The Morgan fingerprint density at radius 2 is 2.11 bits per heavy atom. The molecule has 18 heavy (non-hydrogen) atoms. The monoisotopic (exact) mass is 241 g/mol. The smallest absolute Gasteiger partial charge is 0.175 e. The van der Waals surface area contributed by atoms with Crippen LogP contribution in [-0.2, 0) is 6.42 Å². The van der Waals surface area contributed by atoms with Gasteiger partial charge in [0.1, 0.15) is 5.65 Å². The van der Waals surface area contributed by atoms with E-state index in [9.17, 15) is 0 Å². The van der Waals surface area contributed by atoms with Gasteiger partial charge in [0.25, 0.3) is 0 Å². The van der Waals surface area contributed by atoms with Gasteiger partial charge in [-0.1, -0.05) is 6.07 Å². The van der Waals surface area contributed by atoms with E-state index in [2.05, 4.69) is 14.5 Å². The Morgan fingerprint density at radius 3 is 2.83 bits per heavy atom. The quantitative estimate of drug-likeness (QED) is 0.752. The Morgan fingerprint density at radius 1 is 1.22 bits per heavy atom. The van der Waals surface area contributed by atoms with Gasteiger partial charge in [-0.15, -0.1) is 0 Å². The van der Waals surface area contributed by atoms with Gasteiger partial charge in [-0.3, -0.25) is 0 Å². The van der Waals surface area contributed by atoms with Crippen molar-refractivity contribution in [2.24, 2.45) is 5.73 Å². The largest absolute Gasteiger partial charge is 0.330 e. The number of nitrogens with two attached hydrogens (primary N) is 1. The molecule has 5 heteroatoms. The first-order valence-corrected chi connectivity index (χ1v) is 5.98. The lowest BCUT2D eigenvalue weighted by Gasteiger charge is -2.03. The molecule has 0 radical (unpaired) electrons. The molecule has 0 saturated heterocycles. The molecule has 0 atom stereocenters. The second kappa shape index (κ2) is 4.27. The minimum Gasteiger partial charge on any atom is -0.330 e. The molecule has 0 bridgehead atoms. The molecule has 3 aromatic rings. The van der Waals surface area contributed by atoms with Gasteiger partial charge >= 0.3 is 0 Å². The van der Waals surface area contributed by atoms with E-state index in [0.29, 0.717) is 6.54 Å². The van der Waals surface area contributed by atoms with Crippen LogP contribution in [0, 0.1) is 6.92 Å². The SMILES string of the molecule is Cc1ccn(-c2nc3ccccn3c2CCN)n1. The molecule has 0 aromatic carbocycles. The van der Waals surface area contributed by atoms with Crippen LogP contribution in [0.5, 0.6) is 0 Å². The summed E-state index contributed by atoms with van der Waals surface area (Å²) in [4.78, 5) is 4.62. The number of hydrogen-bond acceptors (Lipinski definition) is 3. The molecule has 3 heterocycles. The van der Waals surface area contributed by atoms with Crippen LogP contribution in [0.2, 0.25) is 0 Å². The van der Waals surface area contributed by atoms with Crippen molar-refractivity contribution in [2.75, 3.05) is 6.54 Å². The lowest BCUT2D eigenvalue weighted by Crippen LogP contribution is -2.08. The normalized spacial score (nSPS) is 11.2. The minimum atomic E-state index is 0.593. The number of aryl methyl sites for hydroxylation is 1. The molecular weight excluding hydrogens is 226 g/mol. The highest BCUT2D eigenvalue weighted by molar-refractivity contribution is 5.48. The van der Waals surface area contributed by atoms with Crippen molar-refractivity contribution in [1.29, 1.82) is 0 Å². The maximum absolute atomic E-state index is 5.69. The zero-order valence-electron chi connectivity index (χ0n) is 10.2. The Labute approximate surface area is 105 Å². The molecule has 0 saturated carbocycles. The summed E-state index contributed by atoms with van der Waals surface area (Å²) in [6, 6.07) is 7.93. The Balaban J connectivity index is 2.24. The first-order chi connectivity index (χ1) is 8.79. The van der Waals surface area contributed by atoms with Crippen LogP contribution in [-0.4, -0.2) is 25.7 Å². The lowest BCUT2D eigenvalue weighted by molar-refractivity contribution is 0.806. The molecule has 92 valence electrons. The number of hydrogen-bond donors (Lipinski definition) is 1. The maximum Gasteiger partial charge on any atom is 0.175 e. The molecule has 0 amide bonds. The third kappa shape index (κ3) is 1.69. The molecule has 0 aliphatic carbocycles. The fourth-order valence-corrected chi connectivity index (χ4v) is 2.12. The van der Waals surface area contributed by atoms with E-state index in [1.54, 1.807) is 0 Å². The molecule has 0 fully saturated rings. The zero-order valence-corrected chi connectivity index (χ0v) is 10.2. The molecule has 5 nitrogen and oxygen atoms in total. The lowest BCUT2D eigenvalue weighted by atomic mass is 10.3. The highest BCUT2D eigenvalue weighted by atomic mass is 15.3. The Hall–Kier alpha value is -2.14. The number of nitrogens with zero attached hydrogens (tertiary/aromatic N) is 4. The van der Waals surface area contributed by atoms with Gasteiger partial charge in [-0.25, -0.2) is 9.67 Å². The average molecular weight is 241 g/mol. The van der Waals surface area contributed by atoms with E-state index in [1.165, 1.54) is 0 Å². The van der Waals surface area contributed by atoms with Crippen LogP contribution >= 0.6 is 0 Å². The summed E-state index contributed by atoms with van der Waals surface area (Å²) < 4.78 is 3.88. The third-order valence-electron chi connectivity index (χ3n) is 2.93. The summed E-state index contributed by atoms with van der Waals surface area (Å²) in [5.74, 6) is 0.861. The van der Waals surface area contributed by atoms with Crippen LogP contribution in [0.4, 0.5) is 0 Å². The standard InChI is InChI=1S/C13H15N5/c1-10-6-9-18(16-10)13-11(5-7-14)17-8-3-2-4-12(17)15-13/h2-4,6,8-9H,5,7,14H2,1H3. The van der Waals surface area contributed by atoms with Crippen LogP contribution in [0.15, 0.2) is 36.7 Å². The highest BCUT2D eigenvalue weighted by Crippen LogP contribution is 2.16. The highest BCUT2D eigenvalue weighted by Gasteiger charge is 2.13. The van der Waals surface area contributed by atoms with E-state index in [4.69, 9.17) is 5.73 Å². The van der Waals surface area contributed by atoms with Crippen molar-refractivity contribution >= 4 is 5.65 Å². The van der Waals surface area contributed by atoms with E-state index in [1.807, 2.05) is 48.3 Å². The van der Waals surface area contributed by atoms with Gasteiger partial charge in [0.2, 0.25) is 0 Å². The minimum absolute atomic E-state index is 0.593. The fraction of sp³-hybridized carbons (Fsp3) is 0.231. The number of rotatable bonds is 3. The molecule has 2 N–H and O–H groups in total. The van der Waals surface area contributed by atoms with Gasteiger partial charge in [-0.2, -0.15) is 5.10 Å². The molecule has 0 spiro atoms. The van der Waals surface area contributed by atoms with Gasteiger partial charge in [0, 0.05) is 18.8 Å². The summed E-state index contributed by atoms with van der Waals surface area (Å²) in [6.07, 6.45) is 4.71. The van der Waals surface area contributed by atoms with Gasteiger partial charge < -0.3 is 10.1 Å². The van der Waals surface area contributed by atoms with Crippen molar-refractivity contribution in [3.05, 3.63) is 48.0 Å². The molecular formula is C13H15N5. The first-order valence-electron chi connectivity index (χ1n) is 5.98. The molecule has 3 aromatic heterocycles. The zero-order chi connectivity index (χ0) is 12.5. The van der Waals surface area contributed by atoms with Gasteiger partial charge in [-0.05, 0) is 31.7 Å². The fourth-order valence-electron chi connectivity index (χ4n) is 2.12. The van der Waals surface area contributed by atoms with Crippen LogP contribution < -0.4 is 5.73 Å². The second-order valence-corrected chi connectivity index (χ2v) is 4.25. The van der Waals surface area contributed by atoms with Crippen LogP contribution in [0.1, 0.15) is 11.4 Å². The summed E-state index contributed by atoms with van der Waals surface area (Å²) >= 11 is 0. The van der Waals surface area contributed by atoms with E-state index in [-0.39, 0.29) is 0 Å². The molecule has 0 unspecified atom stereocenters. The Kier molecular flexibility index (Phi) is 2.60. The van der Waals surface area contributed by atoms with Crippen molar-refractivity contribution in [2.45, 2.75) is 13.3 Å². The van der Waals surface area contributed by atoms with Crippen LogP contribution in [0.25, 0.3) is 11.5 Å². The molecule has 0 aliphatic heterocycles. The molecule has 3 rings (SSSR count). The van der Waals surface area contributed by atoms with E-state index in [0.717, 1.165) is 29.3 Å².